The molecule has 1 aliphatic rings. The molecule has 0 radical (unpaired) electrons. The Morgan fingerprint density at radius 2 is 2.14 bits per heavy atom. The number of nitrogens with one attached hydrogen (secondary N) is 1. The Hall–Kier alpha value is -1.59. The van der Waals surface area contributed by atoms with Gasteiger partial charge in [0.05, 0.1) is 6.04 Å². The molecule has 2 atom stereocenters. The van der Waals surface area contributed by atoms with Crippen molar-refractivity contribution >= 4 is 17.3 Å². The maximum absolute atomic E-state index is 12.5. The van der Waals surface area contributed by atoms with Crippen molar-refractivity contribution in [2.45, 2.75) is 32.9 Å². The minimum absolute atomic E-state index is 0.0282. The van der Waals surface area contributed by atoms with Gasteiger partial charge in [0.15, 0.2) is 0 Å². The molecule has 1 heterocycles. The van der Waals surface area contributed by atoms with Gasteiger partial charge in [-0.3, -0.25) is 9.69 Å². The Balaban J connectivity index is 2.01. The fraction of sp³-hybridized carbons (Fsp3) is 0.562. The van der Waals surface area contributed by atoms with Crippen LogP contribution in [0, 0.1) is 6.92 Å². The van der Waals surface area contributed by atoms with Crippen LogP contribution in [-0.2, 0) is 4.79 Å². The van der Waals surface area contributed by atoms with E-state index in [1.165, 1.54) is 0 Å². The lowest BCUT2D eigenvalue weighted by Crippen LogP contribution is -2.55. The highest BCUT2D eigenvalue weighted by Gasteiger charge is 2.28. The van der Waals surface area contributed by atoms with Crippen molar-refractivity contribution in [3.05, 3.63) is 23.8 Å². The lowest BCUT2D eigenvalue weighted by Gasteiger charge is -2.40. The Kier molecular flexibility index (Phi) is 4.85. The summed E-state index contributed by atoms with van der Waals surface area (Å²) in [6.45, 7) is 8.97. The van der Waals surface area contributed by atoms with Gasteiger partial charge in [-0.2, -0.15) is 0 Å². The molecule has 1 aromatic carbocycles. The lowest BCUT2D eigenvalue weighted by atomic mass is 10.1. The number of nitrogens with zero attached hydrogens (tertiary/aromatic N) is 2. The fourth-order valence-corrected chi connectivity index (χ4v) is 2.61. The maximum Gasteiger partial charge on any atom is 0.241 e. The normalized spacial score (nSPS) is 22.0. The van der Waals surface area contributed by atoms with E-state index in [2.05, 4.69) is 29.1 Å². The predicted molar refractivity (Wildman–Crippen MR) is 87.3 cm³/mol. The molecule has 0 aromatic heterocycles. The molecule has 5 nitrogen and oxygen atoms in total. The number of nitrogens with two attached hydrogens (primary N) is 1. The molecule has 1 saturated heterocycles. The summed E-state index contributed by atoms with van der Waals surface area (Å²) in [6.07, 6.45) is 0. The predicted octanol–water partition coefficient (Wildman–Crippen LogP) is 1.54. The topological polar surface area (TPSA) is 61.6 Å². The molecule has 2 rings (SSSR count). The number of carbonyl (C=O) groups excluding carboxylic acids is 1. The van der Waals surface area contributed by atoms with Gasteiger partial charge in [0.25, 0.3) is 0 Å². The van der Waals surface area contributed by atoms with Gasteiger partial charge in [0.1, 0.15) is 0 Å². The number of amides is 1. The van der Waals surface area contributed by atoms with Crippen molar-refractivity contribution < 1.29 is 4.79 Å². The zero-order valence-electron chi connectivity index (χ0n) is 13.4. The molecule has 0 bridgehead atoms. The molecule has 1 aliphatic heterocycles. The van der Waals surface area contributed by atoms with Crippen molar-refractivity contribution in [3.63, 3.8) is 0 Å². The minimum atomic E-state index is -0.137. The molecule has 1 amide bonds. The van der Waals surface area contributed by atoms with Gasteiger partial charge in [-0.1, -0.05) is 6.07 Å². The van der Waals surface area contributed by atoms with Crippen LogP contribution in [0.4, 0.5) is 11.4 Å². The number of nitrogen functional groups attached to an aromatic ring is 1. The van der Waals surface area contributed by atoms with Crippen LogP contribution in [0.5, 0.6) is 0 Å². The summed E-state index contributed by atoms with van der Waals surface area (Å²) >= 11 is 0. The summed E-state index contributed by atoms with van der Waals surface area (Å²) in [4.78, 5) is 17.0. The number of hydrogen-bond acceptors (Lipinski definition) is 4. The minimum Gasteiger partial charge on any atom is -0.399 e. The number of benzene rings is 1. The van der Waals surface area contributed by atoms with Gasteiger partial charge in [0.2, 0.25) is 5.91 Å². The number of carbonyl (C=O) groups is 1. The summed E-state index contributed by atoms with van der Waals surface area (Å²) in [5, 5.41) is 3.00. The number of aryl methyl sites for hydroxylation is 1. The van der Waals surface area contributed by atoms with Gasteiger partial charge in [-0.05, 0) is 45.5 Å². The third-order valence-electron chi connectivity index (χ3n) is 4.44. The summed E-state index contributed by atoms with van der Waals surface area (Å²) in [5.41, 5.74) is 8.28. The Bertz CT molecular complexity index is 517. The van der Waals surface area contributed by atoms with E-state index in [0.29, 0.717) is 11.7 Å². The number of likely N-dealkylation sites (N-methyl/N-ethyl adjacent to an activating group) is 1. The second kappa shape index (κ2) is 6.45. The first kappa shape index (κ1) is 15.8. The van der Waals surface area contributed by atoms with Gasteiger partial charge in [0, 0.05) is 37.1 Å². The molecule has 116 valence electrons. The maximum atomic E-state index is 12.5. The molecule has 1 aromatic rings. The fourth-order valence-electron chi connectivity index (χ4n) is 2.61. The summed E-state index contributed by atoms with van der Waals surface area (Å²) in [6, 6.07) is 5.92. The van der Waals surface area contributed by atoms with Crippen molar-refractivity contribution in [3.8, 4) is 0 Å². The van der Waals surface area contributed by atoms with Crippen LogP contribution in [-0.4, -0.2) is 54.5 Å². The first-order chi connectivity index (χ1) is 9.88. The standard InChI is InChI=1S/C16H26N4O/c1-11-5-6-14(17)9-15(11)18-16(21)13(3)20-8-7-19(4)12(2)10-20/h5-6,9,12-13H,7-8,10,17H2,1-4H3,(H,18,21). The number of hydrogen-bond donors (Lipinski definition) is 2. The third kappa shape index (κ3) is 3.74. The Morgan fingerprint density at radius 1 is 1.43 bits per heavy atom. The average Bonchev–Trinajstić information content (AvgIpc) is 2.45. The quantitative estimate of drug-likeness (QED) is 0.829. The highest BCUT2D eigenvalue weighted by atomic mass is 16.2. The van der Waals surface area contributed by atoms with Crippen LogP contribution >= 0.6 is 0 Å². The first-order valence-corrected chi connectivity index (χ1v) is 7.49. The zero-order chi connectivity index (χ0) is 15.6. The molecule has 1 fully saturated rings. The van der Waals surface area contributed by atoms with Crippen LogP contribution in [0.1, 0.15) is 19.4 Å². The third-order valence-corrected chi connectivity index (χ3v) is 4.44. The summed E-state index contributed by atoms with van der Waals surface area (Å²) < 4.78 is 0. The van der Waals surface area contributed by atoms with Crippen LogP contribution in [0.2, 0.25) is 0 Å². The largest absolute Gasteiger partial charge is 0.399 e. The van der Waals surface area contributed by atoms with Crippen LogP contribution in [0.25, 0.3) is 0 Å². The molecular weight excluding hydrogens is 264 g/mol. The number of rotatable bonds is 3. The van der Waals surface area contributed by atoms with Crippen molar-refractivity contribution in [2.24, 2.45) is 0 Å². The Morgan fingerprint density at radius 3 is 2.81 bits per heavy atom. The van der Waals surface area contributed by atoms with Gasteiger partial charge in [-0.15, -0.1) is 0 Å². The molecule has 0 saturated carbocycles. The molecular formula is C16H26N4O. The lowest BCUT2D eigenvalue weighted by molar-refractivity contribution is -0.121. The van der Waals surface area contributed by atoms with Crippen molar-refractivity contribution in [1.82, 2.24) is 9.80 Å². The van der Waals surface area contributed by atoms with Crippen molar-refractivity contribution in [1.29, 1.82) is 0 Å². The van der Waals surface area contributed by atoms with E-state index >= 15 is 0 Å². The van der Waals surface area contributed by atoms with Crippen LogP contribution < -0.4 is 11.1 Å². The number of anilines is 2. The van der Waals surface area contributed by atoms with Crippen LogP contribution in [0.3, 0.4) is 0 Å². The average molecular weight is 290 g/mol. The second-order valence-corrected chi connectivity index (χ2v) is 6.06. The van der Waals surface area contributed by atoms with E-state index < -0.39 is 0 Å². The van der Waals surface area contributed by atoms with Gasteiger partial charge in [-0.25, -0.2) is 0 Å². The van der Waals surface area contributed by atoms with E-state index in [0.717, 1.165) is 30.9 Å². The highest BCUT2D eigenvalue weighted by Crippen LogP contribution is 2.19. The smallest absolute Gasteiger partial charge is 0.241 e. The van der Waals surface area contributed by atoms with Gasteiger partial charge >= 0.3 is 0 Å². The highest BCUT2D eigenvalue weighted by molar-refractivity contribution is 5.95. The molecule has 2 unspecified atom stereocenters. The first-order valence-electron chi connectivity index (χ1n) is 7.49. The van der Waals surface area contributed by atoms with E-state index in [1.807, 2.05) is 32.0 Å². The zero-order valence-corrected chi connectivity index (χ0v) is 13.4. The van der Waals surface area contributed by atoms with Crippen molar-refractivity contribution in [2.75, 3.05) is 37.7 Å². The van der Waals surface area contributed by atoms with E-state index in [-0.39, 0.29) is 11.9 Å². The van der Waals surface area contributed by atoms with Crippen LogP contribution in [0.15, 0.2) is 18.2 Å². The monoisotopic (exact) mass is 290 g/mol. The van der Waals surface area contributed by atoms with Gasteiger partial charge < -0.3 is 16.0 Å². The Labute approximate surface area is 127 Å². The second-order valence-electron chi connectivity index (χ2n) is 6.06. The summed E-state index contributed by atoms with van der Waals surface area (Å²) in [7, 11) is 2.13. The number of piperazine rings is 1. The summed E-state index contributed by atoms with van der Waals surface area (Å²) in [5.74, 6) is 0.0282. The molecule has 21 heavy (non-hydrogen) atoms. The van der Waals surface area contributed by atoms with E-state index in [4.69, 9.17) is 5.73 Å². The molecule has 0 aliphatic carbocycles. The molecule has 0 spiro atoms. The molecule has 3 N–H and O–H groups in total. The molecule has 5 heteroatoms. The SMILES string of the molecule is Cc1ccc(N)cc1NC(=O)C(C)N1CCN(C)C(C)C1. The van der Waals surface area contributed by atoms with E-state index in [1.54, 1.807) is 0 Å². The van der Waals surface area contributed by atoms with E-state index in [9.17, 15) is 4.79 Å².